The minimum Gasteiger partial charge on any atom is -0.266 e. The lowest BCUT2D eigenvalue weighted by Crippen LogP contribution is -2.39. The molecule has 3 atom stereocenters. The van der Waals surface area contributed by atoms with Crippen LogP contribution in [0, 0.1) is 6.92 Å². The molecule has 6 heteroatoms. The van der Waals surface area contributed by atoms with E-state index in [2.05, 4.69) is 33.9 Å². The molecule has 4 nitrogen and oxygen atoms in total. The van der Waals surface area contributed by atoms with Gasteiger partial charge in [-0.1, -0.05) is 65.4 Å². The quantitative estimate of drug-likeness (QED) is 0.462. The maximum atomic E-state index is 14.1. The molecule has 2 aromatic carbocycles. The summed E-state index contributed by atoms with van der Waals surface area (Å²) in [6, 6.07) is 16.5. The highest BCUT2D eigenvalue weighted by molar-refractivity contribution is 14.1. The first-order chi connectivity index (χ1) is 12.4. The minimum atomic E-state index is -3.00. The number of amides is 1. The van der Waals surface area contributed by atoms with Crippen LogP contribution in [-0.2, 0) is 9.92 Å². The molecule has 0 spiro atoms. The van der Waals surface area contributed by atoms with Crippen LogP contribution in [-0.4, -0.2) is 30.9 Å². The van der Waals surface area contributed by atoms with E-state index in [-0.39, 0.29) is 6.04 Å². The monoisotopic (exact) mass is 482 g/mol. The van der Waals surface area contributed by atoms with Gasteiger partial charge in [0.15, 0.2) is 0 Å². The van der Waals surface area contributed by atoms with Crippen LogP contribution in [0.1, 0.15) is 35.7 Å². The molecule has 26 heavy (non-hydrogen) atoms. The largest absolute Gasteiger partial charge is 0.286 e. The van der Waals surface area contributed by atoms with E-state index >= 15 is 0 Å². The molecule has 0 radical (unpaired) electrons. The number of halogens is 1. The predicted octanol–water partition coefficient (Wildman–Crippen LogP) is 4.87. The molecule has 3 unspecified atom stereocenters. The number of hydrogen-bond acceptors (Lipinski definition) is 2. The van der Waals surface area contributed by atoms with Crippen LogP contribution in [0.15, 0.2) is 63.9 Å². The third kappa shape index (κ3) is 4.02. The molecular formula is C20H23IN2O2S. The summed E-state index contributed by atoms with van der Waals surface area (Å²) < 4.78 is 20.7. The zero-order chi connectivity index (χ0) is 18.7. The van der Waals surface area contributed by atoms with Gasteiger partial charge in [-0.2, -0.15) is 0 Å². The number of alkyl halides is 1. The van der Waals surface area contributed by atoms with Gasteiger partial charge in [0.05, 0.1) is 4.90 Å². The van der Waals surface area contributed by atoms with Gasteiger partial charge in [-0.3, -0.25) is 4.79 Å². The fraction of sp³-hybridized carbons (Fsp3) is 0.350. The van der Waals surface area contributed by atoms with Crippen LogP contribution in [0.3, 0.4) is 0 Å². The van der Waals surface area contributed by atoms with Crippen molar-refractivity contribution in [2.75, 3.05) is 6.54 Å². The molecule has 0 saturated carbocycles. The molecule has 0 bridgehead atoms. The molecule has 0 aliphatic carbocycles. The van der Waals surface area contributed by atoms with E-state index in [1.54, 1.807) is 24.3 Å². The van der Waals surface area contributed by atoms with E-state index in [0.29, 0.717) is 20.9 Å². The highest BCUT2D eigenvalue weighted by atomic mass is 127. The van der Waals surface area contributed by atoms with Gasteiger partial charge < -0.3 is 0 Å². The minimum absolute atomic E-state index is 0.150. The van der Waals surface area contributed by atoms with Crippen LogP contribution in [0.25, 0.3) is 0 Å². The Labute approximate surface area is 169 Å². The summed E-state index contributed by atoms with van der Waals surface area (Å²) >= 11 is 2.38. The van der Waals surface area contributed by atoms with E-state index in [1.165, 1.54) is 0 Å². The van der Waals surface area contributed by atoms with Crippen LogP contribution in [0.5, 0.6) is 0 Å². The third-order valence-corrected chi connectivity index (χ3v) is 7.87. The first-order valence-corrected chi connectivity index (χ1v) is 11.5. The topological polar surface area (TPSA) is 49.7 Å². The molecule has 1 saturated heterocycles. The molecule has 2 aromatic rings. The third-order valence-electron chi connectivity index (χ3n) is 4.65. The molecule has 1 fully saturated rings. The number of carbonyl (C=O) groups excluding carboxylic acids is 1. The molecule has 1 aliphatic rings. The van der Waals surface area contributed by atoms with E-state index < -0.39 is 15.8 Å². The number of carbonyl (C=O) groups is 1. The number of hydrogen-bond donors (Lipinski definition) is 0. The van der Waals surface area contributed by atoms with Gasteiger partial charge in [-0.15, -0.1) is 4.36 Å². The molecule has 138 valence electrons. The van der Waals surface area contributed by atoms with E-state index in [1.807, 2.05) is 41.6 Å². The van der Waals surface area contributed by atoms with Crippen molar-refractivity contribution in [2.24, 2.45) is 4.36 Å². The first kappa shape index (κ1) is 19.5. The van der Waals surface area contributed by atoms with Crippen molar-refractivity contribution in [3.8, 4) is 0 Å². The van der Waals surface area contributed by atoms with Crippen LogP contribution < -0.4 is 0 Å². The average molecular weight is 482 g/mol. The highest BCUT2D eigenvalue weighted by Gasteiger charge is 2.36. The lowest BCUT2D eigenvalue weighted by atomic mass is 10.2. The Bertz CT molecular complexity index is 888. The van der Waals surface area contributed by atoms with Gasteiger partial charge in [0.1, 0.15) is 9.92 Å². The number of aryl methyl sites for hydroxylation is 1. The lowest BCUT2D eigenvalue weighted by molar-refractivity contribution is 0.100. The summed E-state index contributed by atoms with van der Waals surface area (Å²) in [6.07, 6.45) is 1.94. The standard InChI is InChI=1S/C20H23IN2O2S/c1-15-10-12-18(13-11-15)26(25,23-14-6-9-19(23)16(2)21)22-20(24)17-7-4-3-5-8-17/h3-5,7-8,10-13,16,19H,6,9,14H2,1-2H3. The normalized spacial score (nSPS) is 21.1. The summed E-state index contributed by atoms with van der Waals surface area (Å²) in [5, 5.41) is 0. The summed E-state index contributed by atoms with van der Waals surface area (Å²) in [5.41, 5.74) is 1.55. The highest BCUT2D eigenvalue weighted by Crippen LogP contribution is 2.32. The number of nitrogens with zero attached hydrogens (tertiary/aromatic N) is 2. The van der Waals surface area contributed by atoms with Gasteiger partial charge in [-0.05, 0) is 44.0 Å². The number of rotatable bonds is 4. The maximum absolute atomic E-state index is 14.1. The van der Waals surface area contributed by atoms with Crippen molar-refractivity contribution in [1.82, 2.24) is 4.31 Å². The van der Waals surface area contributed by atoms with Crippen LogP contribution >= 0.6 is 22.6 Å². The second kappa shape index (κ2) is 8.19. The average Bonchev–Trinajstić information content (AvgIpc) is 3.13. The molecule has 0 aromatic heterocycles. The van der Waals surface area contributed by atoms with Crippen LogP contribution in [0.4, 0.5) is 0 Å². The summed E-state index contributed by atoms with van der Waals surface area (Å²) in [5.74, 6) is -0.428. The Morgan fingerprint density at radius 2 is 1.85 bits per heavy atom. The summed E-state index contributed by atoms with van der Waals surface area (Å²) in [6.45, 7) is 4.80. The van der Waals surface area contributed by atoms with Crippen molar-refractivity contribution in [3.05, 3.63) is 65.7 Å². The molecule has 3 rings (SSSR count). The van der Waals surface area contributed by atoms with Gasteiger partial charge in [-0.25, -0.2) is 8.51 Å². The fourth-order valence-electron chi connectivity index (χ4n) is 3.23. The Kier molecular flexibility index (Phi) is 6.14. The predicted molar refractivity (Wildman–Crippen MR) is 114 cm³/mol. The first-order valence-electron chi connectivity index (χ1n) is 8.76. The Hall–Kier alpha value is -1.25. The van der Waals surface area contributed by atoms with Gasteiger partial charge in [0.2, 0.25) is 0 Å². The number of benzene rings is 2. The van der Waals surface area contributed by atoms with E-state index in [0.717, 1.165) is 18.4 Å². The molecule has 0 N–H and O–H groups in total. The Morgan fingerprint density at radius 3 is 2.46 bits per heavy atom. The van der Waals surface area contributed by atoms with Crippen LogP contribution in [0.2, 0.25) is 0 Å². The Balaban J connectivity index is 2.13. The van der Waals surface area contributed by atoms with Gasteiger partial charge >= 0.3 is 0 Å². The van der Waals surface area contributed by atoms with Crippen molar-refractivity contribution in [1.29, 1.82) is 0 Å². The molecule has 1 heterocycles. The zero-order valence-electron chi connectivity index (χ0n) is 15.0. The lowest BCUT2D eigenvalue weighted by Gasteiger charge is -2.29. The second-order valence-corrected chi connectivity index (χ2v) is 10.7. The molecule has 1 aliphatic heterocycles. The second-order valence-electron chi connectivity index (χ2n) is 6.60. The summed E-state index contributed by atoms with van der Waals surface area (Å²) in [4.78, 5) is 13.4. The summed E-state index contributed by atoms with van der Waals surface area (Å²) in [7, 11) is -3.00. The molecular weight excluding hydrogens is 459 g/mol. The van der Waals surface area contributed by atoms with Crippen molar-refractivity contribution >= 4 is 38.4 Å². The van der Waals surface area contributed by atoms with Gasteiger partial charge in [0, 0.05) is 22.1 Å². The van der Waals surface area contributed by atoms with E-state index in [9.17, 15) is 9.00 Å². The van der Waals surface area contributed by atoms with Crippen molar-refractivity contribution in [2.45, 2.75) is 41.6 Å². The molecule has 1 amide bonds. The fourth-order valence-corrected chi connectivity index (χ4v) is 6.53. The van der Waals surface area contributed by atoms with E-state index in [4.69, 9.17) is 0 Å². The zero-order valence-corrected chi connectivity index (χ0v) is 17.9. The van der Waals surface area contributed by atoms with Crippen molar-refractivity contribution < 1.29 is 9.00 Å². The maximum Gasteiger partial charge on any atom is 0.286 e. The SMILES string of the molecule is Cc1ccc(S(=O)(=NC(=O)c2ccccc2)N2CCCC2C(C)I)cc1. The smallest absolute Gasteiger partial charge is 0.266 e. The van der Waals surface area contributed by atoms with Crippen molar-refractivity contribution in [3.63, 3.8) is 0 Å². The van der Waals surface area contributed by atoms with Gasteiger partial charge in [0.25, 0.3) is 5.91 Å². The Morgan fingerprint density at radius 1 is 1.19 bits per heavy atom.